The number of rotatable bonds is 3. The molecule has 0 rings (SSSR count). The van der Waals surface area contributed by atoms with Crippen molar-refractivity contribution in [2.75, 3.05) is 13.7 Å². The third-order valence-corrected chi connectivity index (χ3v) is 0.886. The fourth-order valence-corrected chi connectivity index (χ4v) is 0.374. The fourth-order valence-electron chi connectivity index (χ4n) is 0.374. The highest BCUT2D eigenvalue weighted by Gasteiger charge is 2.10. The molecule has 0 aliphatic heterocycles. The van der Waals surface area contributed by atoms with Gasteiger partial charge in [-0.3, -0.25) is 4.79 Å². The number of hydrogen-bond donors (Lipinski definition) is 2. The van der Waals surface area contributed by atoms with E-state index in [-0.39, 0.29) is 5.70 Å². The molecule has 0 aromatic carbocycles. The van der Waals surface area contributed by atoms with E-state index in [1.807, 2.05) is 0 Å². The first kappa shape index (κ1) is 9.64. The molecular formula is C6H9NO4. The zero-order valence-corrected chi connectivity index (χ0v) is 6.03. The Balaban J connectivity index is 4.17. The number of ether oxygens (including phenoxy) is 1. The van der Waals surface area contributed by atoms with Crippen molar-refractivity contribution < 1.29 is 19.4 Å². The lowest BCUT2D eigenvalue weighted by Gasteiger charge is -1.94. The molecule has 0 saturated carbocycles. The Bertz CT molecular complexity index is 197. The summed E-state index contributed by atoms with van der Waals surface area (Å²) in [6.07, 6.45) is 0.825. The summed E-state index contributed by atoms with van der Waals surface area (Å²) in [7, 11) is 1.09. The van der Waals surface area contributed by atoms with E-state index in [9.17, 15) is 9.59 Å². The number of carbonyl (C=O) groups excluding carboxylic acids is 2. The Labute approximate surface area is 63.4 Å². The van der Waals surface area contributed by atoms with E-state index in [2.05, 4.69) is 4.74 Å². The number of aliphatic hydroxyl groups is 1. The van der Waals surface area contributed by atoms with Crippen molar-refractivity contribution in [3.63, 3.8) is 0 Å². The number of aliphatic hydroxyl groups excluding tert-OH is 1. The number of ketones is 1. The van der Waals surface area contributed by atoms with Crippen LogP contribution in [0.2, 0.25) is 0 Å². The fraction of sp³-hybridized carbons (Fsp3) is 0.333. The molecular weight excluding hydrogens is 150 g/mol. The zero-order valence-electron chi connectivity index (χ0n) is 6.03. The van der Waals surface area contributed by atoms with Crippen LogP contribution in [0.1, 0.15) is 0 Å². The third-order valence-electron chi connectivity index (χ3n) is 0.886. The van der Waals surface area contributed by atoms with Crippen LogP contribution in [-0.4, -0.2) is 30.6 Å². The van der Waals surface area contributed by atoms with Crippen LogP contribution < -0.4 is 5.73 Å². The molecule has 0 aliphatic carbocycles. The SMILES string of the molecule is COC(=O)C(=O)/C=C(/N)CO. The summed E-state index contributed by atoms with van der Waals surface area (Å²) in [6, 6.07) is 0. The van der Waals surface area contributed by atoms with Crippen molar-refractivity contribution in [3.8, 4) is 0 Å². The van der Waals surface area contributed by atoms with Crippen LogP contribution in [0.25, 0.3) is 0 Å². The van der Waals surface area contributed by atoms with Crippen molar-refractivity contribution in [2.24, 2.45) is 5.73 Å². The lowest BCUT2D eigenvalue weighted by molar-refractivity contribution is -0.149. The number of nitrogens with two attached hydrogens (primary N) is 1. The minimum atomic E-state index is -0.999. The number of carbonyl (C=O) groups is 2. The molecule has 5 heteroatoms. The summed E-state index contributed by atoms with van der Waals surface area (Å²) < 4.78 is 4.09. The largest absolute Gasteiger partial charge is 0.463 e. The molecule has 0 aromatic heterocycles. The van der Waals surface area contributed by atoms with Gasteiger partial charge in [0.25, 0.3) is 5.78 Å². The molecule has 0 atom stereocenters. The van der Waals surface area contributed by atoms with Gasteiger partial charge in [0.05, 0.1) is 13.7 Å². The molecule has 0 spiro atoms. The normalized spacial score (nSPS) is 10.9. The van der Waals surface area contributed by atoms with Crippen LogP contribution in [0.3, 0.4) is 0 Å². The Morgan fingerprint density at radius 1 is 1.64 bits per heavy atom. The van der Waals surface area contributed by atoms with Crippen molar-refractivity contribution in [2.45, 2.75) is 0 Å². The lowest BCUT2D eigenvalue weighted by atomic mass is 10.3. The maximum atomic E-state index is 10.6. The van der Waals surface area contributed by atoms with Gasteiger partial charge in [-0.2, -0.15) is 0 Å². The van der Waals surface area contributed by atoms with Gasteiger partial charge in [-0.05, 0) is 0 Å². The summed E-state index contributed by atoms with van der Waals surface area (Å²) in [5.41, 5.74) is 4.98. The van der Waals surface area contributed by atoms with Crippen LogP contribution in [-0.2, 0) is 14.3 Å². The second-order valence-electron chi connectivity index (χ2n) is 1.73. The number of esters is 1. The molecule has 0 amide bonds. The Kier molecular flexibility index (Phi) is 3.90. The molecule has 0 bridgehead atoms. The predicted molar refractivity (Wildman–Crippen MR) is 36.4 cm³/mol. The maximum absolute atomic E-state index is 10.6. The van der Waals surface area contributed by atoms with Crippen LogP contribution >= 0.6 is 0 Å². The molecule has 11 heavy (non-hydrogen) atoms. The minimum absolute atomic E-state index is 0.0691. The van der Waals surface area contributed by atoms with Crippen LogP contribution in [0, 0.1) is 0 Å². The van der Waals surface area contributed by atoms with Gasteiger partial charge in [-0.15, -0.1) is 0 Å². The van der Waals surface area contributed by atoms with E-state index in [1.165, 1.54) is 0 Å². The van der Waals surface area contributed by atoms with E-state index in [1.54, 1.807) is 0 Å². The van der Waals surface area contributed by atoms with E-state index < -0.39 is 18.4 Å². The first-order valence-electron chi connectivity index (χ1n) is 2.81. The summed E-state index contributed by atoms with van der Waals surface area (Å²) >= 11 is 0. The van der Waals surface area contributed by atoms with Gasteiger partial charge in [-0.1, -0.05) is 0 Å². The van der Waals surface area contributed by atoms with Gasteiger partial charge in [0.1, 0.15) is 0 Å². The standard InChI is InChI=1S/C6H9NO4/c1-11-6(10)5(9)2-4(7)3-8/h2,8H,3,7H2,1H3/b4-2+. The molecule has 0 fully saturated rings. The summed E-state index contributed by atoms with van der Waals surface area (Å²) in [4.78, 5) is 21.0. The average Bonchev–Trinajstić information content (AvgIpc) is 2.02. The van der Waals surface area contributed by atoms with Gasteiger partial charge in [0.2, 0.25) is 0 Å². The highest BCUT2D eigenvalue weighted by molar-refractivity contribution is 6.38. The van der Waals surface area contributed by atoms with E-state index in [0.717, 1.165) is 13.2 Å². The molecule has 0 heterocycles. The molecule has 0 aromatic rings. The van der Waals surface area contributed by atoms with Gasteiger partial charge >= 0.3 is 5.97 Å². The third kappa shape index (κ3) is 3.36. The monoisotopic (exact) mass is 159 g/mol. The maximum Gasteiger partial charge on any atom is 0.378 e. The van der Waals surface area contributed by atoms with Crippen LogP contribution in [0.15, 0.2) is 11.8 Å². The molecule has 62 valence electrons. The Morgan fingerprint density at radius 2 is 2.18 bits per heavy atom. The predicted octanol–water partition coefficient (Wildman–Crippen LogP) is -1.44. The van der Waals surface area contributed by atoms with Gasteiger partial charge < -0.3 is 15.6 Å². The lowest BCUT2D eigenvalue weighted by Crippen LogP contribution is -2.15. The summed E-state index contributed by atoms with van der Waals surface area (Å²) in [6.45, 7) is -0.456. The zero-order chi connectivity index (χ0) is 8.85. The number of hydrogen-bond acceptors (Lipinski definition) is 5. The first-order chi connectivity index (χ1) is 5.11. The Hall–Kier alpha value is -1.36. The molecule has 0 radical (unpaired) electrons. The molecule has 0 unspecified atom stereocenters. The van der Waals surface area contributed by atoms with E-state index in [0.29, 0.717) is 0 Å². The molecule has 3 N–H and O–H groups in total. The topological polar surface area (TPSA) is 89.6 Å². The minimum Gasteiger partial charge on any atom is -0.463 e. The second-order valence-corrected chi connectivity index (χ2v) is 1.73. The average molecular weight is 159 g/mol. The first-order valence-corrected chi connectivity index (χ1v) is 2.81. The highest BCUT2D eigenvalue weighted by atomic mass is 16.5. The van der Waals surface area contributed by atoms with Crippen molar-refractivity contribution in [1.29, 1.82) is 0 Å². The van der Waals surface area contributed by atoms with E-state index >= 15 is 0 Å². The smallest absolute Gasteiger partial charge is 0.378 e. The molecule has 0 saturated heterocycles. The summed E-state index contributed by atoms with van der Waals surface area (Å²) in [5.74, 6) is -1.87. The summed E-state index contributed by atoms with van der Waals surface area (Å²) in [5, 5.41) is 8.34. The van der Waals surface area contributed by atoms with Crippen molar-refractivity contribution in [3.05, 3.63) is 11.8 Å². The van der Waals surface area contributed by atoms with Crippen molar-refractivity contribution >= 4 is 11.8 Å². The van der Waals surface area contributed by atoms with Gasteiger partial charge in [0, 0.05) is 11.8 Å². The molecule has 5 nitrogen and oxygen atoms in total. The van der Waals surface area contributed by atoms with Gasteiger partial charge in [0.15, 0.2) is 0 Å². The Morgan fingerprint density at radius 3 is 2.55 bits per heavy atom. The quantitative estimate of drug-likeness (QED) is 0.299. The molecule has 0 aliphatic rings. The van der Waals surface area contributed by atoms with E-state index in [4.69, 9.17) is 10.8 Å². The van der Waals surface area contributed by atoms with Crippen molar-refractivity contribution in [1.82, 2.24) is 0 Å². The van der Waals surface area contributed by atoms with Gasteiger partial charge in [-0.25, -0.2) is 4.79 Å². The van der Waals surface area contributed by atoms with Crippen LogP contribution in [0.5, 0.6) is 0 Å². The number of methoxy groups -OCH3 is 1. The highest BCUT2D eigenvalue weighted by Crippen LogP contribution is 1.85. The second kappa shape index (κ2) is 4.45. The van der Waals surface area contributed by atoms with Crippen LogP contribution in [0.4, 0.5) is 0 Å².